The van der Waals surface area contributed by atoms with Gasteiger partial charge in [-0.05, 0) is 88.2 Å². The highest BCUT2D eigenvalue weighted by molar-refractivity contribution is 9.10. The number of nitrogens with one attached hydrogen (secondary N) is 1. The second-order valence-corrected chi connectivity index (χ2v) is 9.99. The van der Waals surface area contributed by atoms with Crippen molar-refractivity contribution in [2.75, 3.05) is 18.5 Å². The summed E-state index contributed by atoms with van der Waals surface area (Å²) < 4.78 is 12.2. The van der Waals surface area contributed by atoms with Crippen molar-refractivity contribution < 1.29 is 28.8 Å². The SMILES string of the molecule is CCOc1cc(/C=C2/SC(=O)N(CC(=O)Nc3ccccc3Br)C2=O)ccc1OCc1ccc([N+](=O)[O-])cc1. The van der Waals surface area contributed by atoms with Gasteiger partial charge in [-0.2, -0.15) is 0 Å². The van der Waals surface area contributed by atoms with Crippen molar-refractivity contribution in [3.8, 4) is 11.5 Å². The number of halogens is 1. The standard InChI is InChI=1S/C27H22BrN3O7S/c1-2-37-23-13-18(9-12-22(23)38-16-17-7-10-19(11-8-17)31(35)36)14-24-26(33)30(27(34)39-24)15-25(32)29-21-6-4-3-5-20(21)28/h3-14H,2,15-16H2,1H3,(H,29,32)/b24-14+. The third-order valence-corrected chi connectivity index (χ3v) is 7.03. The Morgan fingerprint density at radius 3 is 2.51 bits per heavy atom. The second-order valence-electron chi connectivity index (χ2n) is 8.15. The van der Waals surface area contributed by atoms with Crippen LogP contribution in [0.15, 0.2) is 76.1 Å². The first-order chi connectivity index (χ1) is 18.7. The summed E-state index contributed by atoms with van der Waals surface area (Å²) in [6, 6.07) is 18.1. The summed E-state index contributed by atoms with van der Waals surface area (Å²) in [5.74, 6) is -0.188. The van der Waals surface area contributed by atoms with Gasteiger partial charge in [0.05, 0.1) is 22.1 Å². The van der Waals surface area contributed by atoms with Gasteiger partial charge in [-0.15, -0.1) is 0 Å². The summed E-state index contributed by atoms with van der Waals surface area (Å²) in [4.78, 5) is 49.3. The van der Waals surface area contributed by atoms with Crippen LogP contribution in [0, 0.1) is 10.1 Å². The van der Waals surface area contributed by atoms with Crippen LogP contribution in [0.1, 0.15) is 18.1 Å². The van der Waals surface area contributed by atoms with Gasteiger partial charge >= 0.3 is 0 Å². The molecule has 0 aliphatic carbocycles. The molecule has 1 aliphatic heterocycles. The summed E-state index contributed by atoms with van der Waals surface area (Å²) in [5.41, 5.74) is 1.87. The third-order valence-electron chi connectivity index (χ3n) is 5.43. The predicted octanol–water partition coefficient (Wildman–Crippen LogP) is 6.01. The van der Waals surface area contributed by atoms with E-state index in [2.05, 4.69) is 21.2 Å². The van der Waals surface area contributed by atoms with Crippen molar-refractivity contribution >= 4 is 62.2 Å². The van der Waals surface area contributed by atoms with E-state index in [1.54, 1.807) is 60.7 Å². The fourth-order valence-corrected chi connectivity index (χ4v) is 4.78. The Labute approximate surface area is 236 Å². The number of anilines is 1. The lowest BCUT2D eigenvalue weighted by Crippen LogP contribution is -2.36. The minimum Gasteiger partial charge on any atom is -0.490 e. The van der Waals surface area contributed by atoms with Crippen LogP contribution in [0.5, 0.6) is 11.5 Å². The molecular weight excluding hydrogens is 590 g/mol. The number of ether oxygens (including phenoxy) is 2. The number of nitrogens with zero attached hydrogens (tertiary/aromatic N) is 2. The van der Waals surface area contributed by atoms with Gasteiger partial charge in [0.2, 0.25) is 5.91 Å². The van der Waals surface area contributed by atoms with Crippen LogP contribution < -0.4 is 14.8 Å². The number of rotatable bonds is 10. The molecule has 0 saturated carbocycles. The summed E-state index contributed by atoms with van der Waals surface area (Å²) in [7, 11) is 0. The molecule has 0 bridgehead atoms. The van der Waals surface area contributed by atoms with E-state index in [9.17, 15) is 24.5 Å². The van der Waals surface area contributed by atoms with Crippen LogP contribution in [0.2, 0.25) is 0 Å². The molecule has 3 aromatic rings. The normalized spacial score (nSPS) is 14.0. The highest BCUT2D eigenvalue weighted by Crippen LogP contribution is 2.35. The number of para-hydroxylation sites is 1. The number of amides is 3. The topological polar surface area (TPSA) is 128 Å². The van der Waals surface area contributed by atoms with E-state index in [0.717, 1.165) is 22.2 Å². The molecule has 39 heavy (non-hydrogen) atoms. The number of carbonyl (C=O) groups excluding carboxylic acids is 3. The molecule has 0 aromatic heterocycles. The number of non-ortho nitro benzene ring substituents is 1. The number of carbonyl (C=O) groups is 3. The average molecular weight is 612 g/mol. The van der Waals surface area contributed by atoms with Gasteiger partial charge in [-0.1, -0.05) is 18.2 Å². The zero-order valence-corrected chi connectivity index (χ0v) is 23.0. The lowest BCUT2D eigenvalue weighted by molar-refractivity contribution is -0.384. The summed E-state index contributed by atoms with van der Waals surface area (Å²) >= 11 is 4.09. The summed E-state index contributed by atoms with van der Waals surface area (Å²) in [5, 5.41) is 13.0. The minimum absolute atomic E-state index is 0.00702. The fourth-order valence-electron chi connectivity index (χ4n) is 3.56. The Morgan fingerprint density at radius 1 is 1.08 bits per heavy atom. The van der Waals surface area contributed by atoms with Crippen LogP contribution in [-0.4, -0.2) is 40.0 Å². The van der Waals surface area contributed by atoms with Crippen molar-refractivity contribution in [1.82, 2.24) is 4.90 Å². The predicted molar refractivity (Wildman–Crippen MR) is 150 cm³/mol. The number of imide groups is 1. The molecule has 0 radical (unpaired) electrons. The van der Waals surface area contributed by atoms with Crippen LogP contribution in [0.4, 0.5) is 16.2 Å². The molecule has 0 spiro atoms. The lowest BCUT2D eigenvalue weighted by atomic mass is 10.1. The Morgan fingerprint density at radius 2 is 1.82 bits per heavy atom. The van der Waals surface area contributed by atoms with E-state index in [0.29, 0.717) is 33.8 Å². The highest BCUT2D eigenvalue weighted by atomic mass is 79.9. The fraction of sp³-hybridized carbons (Fsp3) is 0.148. The van der Waals surface area contributed by atoms with Crippen molar-refractivity contribution in [3.05, 3.63) is 97.3 Å². The van der Waals surface area contributed by atoms with Gasteiger partial charge < -0.3 is 14.8 Å². The molecule has 12 heteroatoms. The second kappa shape index (κ2) is 12.6. The third kappa shape index (κ3) is 7.03. The Hall–Kier alpha value is -4.16. The Balaban J connectivity index is 1.44. The van der Waals surface area contributed by atoms with Crippen LogP contribution >= 0.6 is 27.7 Å². The van der Waals surface area contributed by atoms with Crippen LogP contribution in [0.3, 0.4) is 0 Å². The molecule has 1 heterocycles. The van der Waals surface area contributed by atoms with E-state index in [1.807, 2.05) is 6.92 Å². The smallest absolute Gasteiger partial charge is 0.294 e. The van der Waals surface area contributed by atoms with Gasteiger partial charge in [-0.25, -0.2) is 0 Å². The molecular formula is C27H22BrN3O7S. The first-order valence-corrected chi connectivity index (χ1v) is 13.3. The van der Waals surface area contributed by atoms with Crippen LogP contribution in [0.25, 0.3) is 6.08 Å². The van der Waals surface area contributed by atoms with E-state index in [1.165, 1.54) is 12.1 Å². The molecule has 3 amide bonds. The van der Waals surface area contributed by atoms with E-state index < -0.39 is 28.5 Å². The number of nitro benzene ring substituents is 1. The Bertz CT molecular complexity index is 1460. The summed E-state index contributed by atoms with van der Waals surface area (Å²) in [6.07, 6.45) is 1.55. The molecule has 1 N–H and O–H groups in total. The van der Waals surface area contributed by atoms with Gasteiger partial charge in [-0.3, -0.25) is 29.4 Å². The quantitative estimate of drug-likeness (QED) is 0.168. The van der Waals surface area contributed by atoms with Crippen molar-refractivity contribution in [2.45, 2.75) is 13.5 Å². The van der Waals surface area contributed by atoms with Gasteiger partial charge in [0.1, 0.15) is 13.2 Å². The van der Waals surface area contributed by atoms with Crippen molar-refractivity contribution in [1.29, 1.82) is 0 Å². The van der Waals surface area contributed by atoms with Crippen LogP contribution in [-0.2, 0) is 16.2 Å². The molecule has 10 nitrogen and oxygen atoms in total. The zero-order valence-electron chi connectivity index (χ0n) is 20.6. The maximum absolute atomic E-state index is 12.9. The van der Waals surface area contributed by atoms with Gasteiger partial charge in [0, 0.05) is 16.6 Å². The molecule has 200 valence electrons. The summed E-state index contributed by atoms with van der Waals surface area (Å²) in [6.45, 7) is 1.93. The van der Waals surface area contributed by atoms with Crippen molar-refractivity contribution in [2.24, 2.45) is 0 Å². The van der Waals surface area contributed by atoms with Gasteiger partial charge in [0.25, 0.3) is 16.8 Å². The molecule has 1 fully saturated rings. The number of hydrogen-bond acceptors (Lipinski definition) is 8. The number of nitro groups is 1. The van der Waals surface area contributed by atoms with Gasteiger partial charge in [0.15, 0.2) is 11.5 Å². The average Bonchev–Trinajstić information content (AvgIpc) is 3.17. The zero-order chi connectivity index (χ0) is 27.9. The number of hydrogen-bond donors (Lipinski definition) is 1. The molecule has 1 aliphatic rings. The largest absolute Gasteiger partial charge is 0.490 e. The first kappa shape index (κ1) is 27.9. The molecule has 0 atom stereocenters. The lowest BCUT2D eigenvalue weighted by Gasteiger charge is -2.13. The number of benzene rings is 3. The first-order valence-electron chi connectivity index (χ1n) is 11.7. The van der Waals surface area contributed by atoms with Crippen molar-refractivity contribution in [3.63, 3.8) is 0 Å². The van der Waals surface area contributed by atoms with E-state index in [4.69, 9.17) is 9.47 Å². The molecule has 4 rings (SSSR count). The number of thioether (sulfide) groups is 1. The monoisotopic (exact) mass is 611 g/mol. The molecule has 0 unspecified atom stereocenters. The maximum Gasteiger partial charge on any atom is 0.294 e. The van der Waals surface area contributed by atoms with E-state index in [-0.39, 0.29) is 17.2 Å². The highest BCUT2D eigenvalue weighted by Gasteiger charge is 2.36. The van der Waals surface area contributed by atoms with E-state index >= 15 is 0 Å². The minimum atomic E-state index is -0.566. The molecule has 1 saturated heterocycles. The molecule has 3 aromatic carbocycles. The Kier molecular flexibility index (Phi) is 8.99. The maximum atomic E-state index is 12.9.